The molecule has 3 rings (SSSR count). The third kappa shape index (κ3) is 12.9. The number of rotatable bonds is 18. The van der Waals surface area contributed by atoms with Gasteiger partial charge in [-0.2, -0.15) is 10.2 Å². The Bertz CT molecular complexity index is 1400. The van der Waals surface area contributed by atoms with Gasteiger partial charge in [0.2, 0.25) is 11.8 Å². The first kappa shape index (κ1) is 33.0. The Morgan fingerprint density at radius 1 is 0.767 bits per heavy atom. The van der Waals surface area contributed by atoms with E-state index in [-0.39, 0.29) is 0 Å². The molecule has 10 nitrogen and oxygen atoms in total. The number of nitrogens with zero attached hydrogens (tertiary/aromatic N) is 3. The molecule has 0 atom stereocenters. The molecule has 1 N–H and O–H groups in total. The highest BCUT2D eigenvalue weighted by Crippen LogP contribution is 2.29. The number of hydrogen-bond donors (Lipinski definition) is 1. The molecule has 1 heterocycles. The lowest BCUT2D eigenvalue weighted by molar-refractivity contribution is -0.00704. The van der Waals surface area contributed by atoms with Gasteiger partial charge in [-0.1, -0.05) is 17.8 Å². The molecular formula is C33H36N4O6. The summed E-state index contributed by atoms with van der Waals surface area (Å²) in [6, 6.07) is 14.8. The van der Waals surface area contributed by atoms with Crippen molar-refractivity contribution >= 4 is 11.6 Å². The molecule has 0 fully saturated rings. The van der Waals surface area contributed by atoms with Crippen LogP contribution in [0.2, 0.25) is 0 Å². The van der Waals surface area contributed by atoms with Crippen molar-refractivity contribution < 1.29 is 28.4 Å². The lowest BCUT2D eigenvalue weighted by Gasteiger charge is -2.12. The maximum absolute atomic E-state index is 8.96. The summed E-state index contributed by atoms with van der Waals surface area (Å²) in [5.41, 5.74) is 4.08. The molecule has 0 aliphatic rings. The van der Waals surface area contributed by atoms with Crippen LogP contribution in [-0.2, 0) is 23.7 Å². The predicted molar refractivity (Wildman–Crippen MR) is 162 cm³/mol. The molecule has 224 valence electrons. The van der Waals surface area contributed by atoms with Gasteiger partial charge in [0.25, 0.3) is 0 Å². The largest absolute Gasteiger partial charge is 0.438 e. The standard InChI is InChI=1S/C33H36N4O6/c1-4-13-38-15-17-40-19-21-42-22-20-41-18-16-39-14-5-6-29-23-26(2)32(27(3)24-29)43-31-11-12-35-33(37-31)36-30-9-7-28(25-34)8-10-30/h1,7-12,23-24H,13-22H2,2-3H3,(H,35,36,37). The van der Waals surface area contributed by atoms with E-state index in [1.165, 1.54) is 0 Å². The zero-order valence-corrected chi connectivity index (χ0v) is 24.6. The van der Waals surface area contributed by atoms with Crippen molar-refractivity contribution in [2.75, 3.05) is 71.4 Å². The number of benzene rings is 2. The molecule has 0 radical (unpaired) electrons. The zero-order chi connectivity index (χ0) is 30.5. The second-order valence-corrected chi connectivity index (χ2v) is 9.02. The van der Waals surface area contributed by atoms with Gasteiger partial charge in [0.1, 0.15) is 19.0 Å². The molecule has 2 aromatic carbocycles. The fourth-order valence-electron chi connectivity index (χ4n) is 3.67. The van der Waals surface area contributed by atoms with Gasteiger partial charge in [0.15, 0.2) is 0 Å². The zero-order valence-electron chi connectivity index (χ0n) is 24.6. The summed E-state index contributed by atoms with van der Waals surface area (Å²) >= 11 is 0. The maximum Gasteiger partial charge on any atom is 0.230 e. The number of terminal acetylenes is 1. The average molecular weight is 585 g/mol. The molecule has 0 saturated carbocycles. The van der Waals surface area contributed by atoms with Gasteiger partial charge in [0.05, 0.1) is 64.5 Å². The molecule has 0 amide bonds. The summed E-state index contributed by atoms with van der Waals surface area (Å²) in [5.74, 6) is 10.1. The van der Waals surface area contributed by atoms with Crippen molar-refractivity contribution in [1.29, 1.82) is 5.26 Å². The highest BCUT2D eigenvalue weighted by atomic mass is 16.6. The Labute approximate surface area is 253 Å². The molecule has 0 saturated heterocycles. The quantitative estimate of drug-likeness (QED) is 0.168. The van der Waals surface area contributed by atoms with Crippen LogP contribution in [0.3, 0.4) is 0 Å². The van der Waals surface area contributed by atoms with E-state index < -0.39 is 0 Å². The van der Waals surface area contributed by atoms with Crippen LogP contribution in [0.1, 0.15) is 22.3 Å². The number of aryl methyl sites for hydroxylation is 2. The fraction of sp³-hybridized carbons (Fsp3) is 0.364. The summed E-state index contributed by atoms with van der Waals surface area (Å²) in [4.78, 5) is 8.70. The van der Waals surface area contributed by atoms with Gasteiger partial charge in [-0.3, -0.25) is 0 Å². The first-order valence-electron chi connectivity index (χ1n) is 13.8. The molecule has 0 spiro atoms. The Hall–Kier alpha value is -4.47. The highest BCUT2D eigenvalue weighted by molar-refractivity contribution is 5.55. The van der Waals surface area contributed by atoms with Crippen LogP contribution in [0, 0.1) is 49.4 Å². The van der Waals surface area contributed by atoms with Crippen LogP contribution in [0.4, 0.5) is 11.6 Å². The van der Waals surface area contributed by atoms with E-state index in [1.807, 2.05) is 26.0 Å². The van der Waals surface area contributed by atoms with E-state index in [4.69, 9.17) is 40.1 Å². The van der Waals surface area contributed by atoms with Crippen LogP contribution >= 0.6 is 0 Å². The number of ether oxygens (including phenoxy) is 6. The molecule has 0 aliphatic heterocycles. The Morgan fingerprint density at radius 3 is 1.93 bits per heavy atom. The van der Waals surface area contributed by atoms with Gasteiger partial charge in [-0.15, -0.1) is 6.42 Å². The predicted octanol–water partition coefficient (Wildman–Crippen LogP) is 4.57. The Balaban J connectivity index is 1.33. The van der Waals surface area contributed by atoms with Crippen molar-refractivity contribution in [3.63, 3.8) is 0 Å². The van der Waals surface area contributed by atoms with Crippen molar-refractivity contribution in [3.05, 3.63) is 70.9 Å². The van der Waals surface area contributed by atoms with Gasteiger partial charge in [-0.25, -0.2) is 4.98 Å². The third-order valence-electron chi connectivity index (χ3n) is 5.65. The molecule has 3 aromatic rings. The van der Waals surface area contributed by atoms with Crippen LogP contribution in [0.25, 0.3) is 0 Å². The second-order valence-electron chi connectivity index (χ2n) is 9.02. The van der Waals surface area contributed by atoms with E-state index in [0.29, 0.717) is 89.2 Å². The van der Waals surface area contributed by atoms with Crippen LogP contribution in [0.15, 0.2) is 48.7 Å². The maximum atomic E-state index is 8.96. The molecule has 43 heavy (non-hydrogen) atoms. The average Bonchev–Trinajstić information content (AvgIpc) is 3.01. The second kappa shape index (κ2) is 19.6. The molecular weight excluding hydrogens is 548 g/mol. The molecule has 0 bridgehead atoms. The van der Waals surface area contributed by atoms with E-state index in [9.17, 15) is 0 Å². The first-order valence-corrected chi connectivity index (χ1v) is 13.8. The number of nitriles is 1. The van der Waals surface area contributed by atoms with E-state index in [0.717, 1.165) is 22.4 Å². The van der Waals surface area contributed by atoms with Crippen molar-refractivity contribution in [2.45, 2.75) is 13.8 Å². The van der Waals surface area contributed by atoms with Crippen LogP contribution in [-0.4, -0.2) is 76.0 Å². The summed E-state index contributed by atoms with van der Waals surface area (Å²) in [5, 5.41) is 12.1. The SMILES string of the molecule is C#CCOCCOCCOCCOCCOCC#Cc1cc(C)c(Oc2ccnc(Nc3ccc(C#N)cc3)n2)c(C)c1. The minimum atomic E-state index is 0.299. The summed E-state index contributed by atoms with van der Waals surface area (Å²) in [6.07, 6.45) is 6.71. The normalized spacial score (nSPS) is 10.3. The smallest absolute Gasteiger partial charge is 0.230 e. The van der Waals surface area contributed by atoms with Crippen molar-refractivity contribution in [3.8, 4) is 41.9 Å². The summed E-state index contributed by atoms with van der Waals surface area (Å²) < 4.78 is 33.0. The Kier molecular flexibility index (Phi) is 15.1. The monoisotopic (exact) mass is 584 g/mol. The van der Waals surface area contributed by atoms with E-state index >= 15 is 0 Å². The number of nitrogens with one attached hydrogen (secondary N) is 1. The van der Waals surface area contributed by atoms with Crippen LogP contribution < -0.4 is 10.1 Å². The number of hydrogen-bond acceptors (Lipinski definition) is 10. The summed E-state index contributed by atoms with van der Waals surface area (Å²) in [7, 11) is 0. The first-order chi connectivity index (χ1) is 21.1. The minimum absolute atomic E-state index is 0.299. The number of anilines is 2. The van der Waals surface area contributed by atoms with E-state index in [1.54, 1.807) is 36.5 Å². The lowest BCUT2D eigenvalue weighted by atomic mass is 10.1. The van der Waals surface area contributed by atoms with Gasteiger partial charge >= 0.3 is 0 Å². The van der Waals surface area contributed by atoms with Gasteiger partial charge in [-0.05, 0) is 61.4 Å². The van der Waals surface area contributed by atoms with Crippen molar-refractivity contribution in [2.24, 2.45) is 0 Å². The van der Waals surface area contributed by atoms with Crippen molar-refractivity contribution in [1.82, 2.24) is 9.97 Å². The highest BCUT2D eigenvalue weighted by Gasteiger charge is 2.09. The van der Waals surface area contributed by atoms with E-state index in [2.05, 4.69) is 39.1 Å². The number of aromatic nitrogens is 2. The third-order valence-corrected chi connectivity index (χ3v) is 5.65. The molecule has 10 heteroatoms. The fourth-order valence-corrected chi connectivity index (χ4v) is 3.67. The molecule has 1 aromatic heterocycles. The topological polar surface area (TPSA) is 117 Å². The summed E-state index contributed by atoms with van der Waals surface area (Å²) in [6.45, 7) is 8.38. The molecule has 0 unspecified atom stereocenters. The molecule has 0 aliphatic carbocycles. The minimum Gasteiger partial charge on any atom is -0.438 e. The van der Waals surface area contributed by atoms with Gasteiger partial charge < -0.3 is 33.7 Å². The Morgan fingerprint density at radius 2 is 1.35 bits per heavy atom. The van der Waals surface area contributed by atoms with Crippen LogP contribution in [0.5, 0.6) is 11.6 Å². The van der Waals surface area contributed by atoms with Gasteiger partial charge in [0, 0.05) is 23.5 Å². The lowest BCUT2D eigenvalue weighted by Crippen LogP contribution is -2.13.